The summed E-state index contributed by atoms with van der Waals surface area (Å²) in [5.74, 6) is -2.11. The molecule has 19 heavy (non-hydrogen) atoms. The molecule has 104 valence electrons. The summed E-state index contributed by atoms with van der Waals surface area (Å²) in [7, 11) is 0. The molecule has 1 amide bonds. The molecular weight excluding hydrogens is 316 g/mol. The topological polar surface area (TPSA) is 29.1 Å². The van der Waals surface area contributed by atoms with Gasteiger partial charge in [0.2, 0.25) is 5.91 Å². The van der Waals surface area contributed by atoms with E-state index in [2.05, 4.69) is 21.2 Å². The average molecular weight is 332 g/mol. The highest BCUT2D eigenvalue weighted by molar-refractivity contribution is 9.09. The molecule has 2 unspecified atom stereocenters. The average Bonchev–Trinajstić information content (AvgIpc) is 2.38. The quantitative estimate of drug-likeness (QED) is 0.846. The predicted octanol–water partition coefficient (Wildman–Crippen LogP) is 3.33. The molecule has 1 aromatic carbocycles. The molecule has 1 aromatic rings. The largest absolute Gasteiger partial charge is 0.352 e. The first kappa shape index (κ1) is 14.4. The van der Waals surface area contributed by atoms with Crippen LogP contribution >= 0.6 is 15.9 Å². The molecular formula is C14H16BrF2NO. The molecule has 0 saturated heterocycles. The van der Waals surface area contributed by atoms with Gasteiger partial charge in [-0.3, -0.25) is 4.79 Å². The van der Waals surface area contributed by atoms with Gasteiger partial charge in [0.15, 0.2) is 11.6 Å². The van der Waals surface area contributed by atoms with Crippen molar-refractivity contribution in [3.8, 4) is 0 Å². The van der Waals surface area contributed by atoms with Gasteiger partial charge in [-0.25, -0.2) is 8.78 Å². The van der Waals surface area contributed by atoms with Crippen molar-refractivity contribution in [3.63, 3.8) is 0 Å². The maximum atomic E-state index is 13.5. The van der Waals surface area contributed by atoms with Crippen molar-refractivity contribution in [1.82, 2.24) is 5.32 Å². The number of amides is 1. The fourth-order valence-electron chi connectivity index (χ4n) is 2.36. The first-order chi connectivity index (χ1) is 9.08. The van der Waals surface area contributed by atoms with Crippen LogP contribution in [-0.4, -0.2) is 16.8 Å². The number of alkyl halides is 1. The lowest BCUT2D eigenvalue weighted by Gasteiger charge is -2.28. The number of hydrogen-bond donors (Lipinski definition) is 1. The van der Waals surface area contributed by atoms with Crippen LogP contribution in [0, 0.1) is 11.6 Å². The monoisotopic (exact) mass is 331 g/mol. The lowest BCUT2D eigenvalue weighted by Crippen LogP contribution is -2.43. The summed E-state index contributed by atoms with van der Waals surface area (Å²) >= 11 is 3.55. The van der Waals surface area contributed by atoms with Crippen molar-refractivity contribution >= 4 is 21.8 Å². The SMILES string of the molecule is O=C(Cc1cccc(F)c1F)NC1CCCCC1Br. The Balaban J connectivity index is 1.95. The van der Waals surface area contributed by atoms with E-state index >= 15 is 0 Å². The van der Waals surface area contributed by atoms with Gasteiger partial charge < -0.3 is 5.32 Å². The van der Waals surface area contributed by atoms with Crippen molar-refractivity contribution in [1.29, 1.82) is 0 Å². The van der Waals surface area contributed by atoms with E-state index in [1.54, 1.807) is 0 Å². The molecule has 1 saturated carbocycles. The van der Waals surface area contributed by atoms with E-state index in [-0.39, 0.29) is 28.8 Å². The number of halogens is 3. The highest BCUT2D eigenvalue weighted by Crippen LogP contribution is 2.24. The summed E-state index contributed by atoms with van der Waals surface area (Å²) in [4.78, 5) is 12.1. The number of nitrogens with one attached hydrogen (secondary N) is 1. The van der Waals surface area contributed by atoms with Crippen molar-refractivity contribution < 1.29 is 13.6 Å². The normalized spacial score (nSPS) is 23.1. The second-order valence-electron chi connectivity index (χ2n) is 4.86. The van der Waals surface area contributed by atoms with Gasteiger partial charge >= 0.3 is 0 Å². The highest BCUT2D eigenvalue weighted by Gasteiger charge is 2.24. The molecule has 2 rings (SSSR count). The molecule has 0 aliphatic heterocycles. The minimum absolute atomic E-state index is 0.0814. The van der Waals surface area contributed by atoms with Gasteiger partial charge in [0.05, 0.1) is 6.42 Å². The van der Waals surface area contributed by atoms with E-state index in [0.717, 1.165) is 31.7 Å². The number of rotatable bonds is 3. The minimum atomic E-state index is -0.934. The maximum absolute atomic E-state index is 13.5. The van der Waals surface area contributed by atoms with Gasteiger partial charge in [-0.15, -0.1) is 0 Å². The smallest absolute Gasteiger partial charge is 0.224 e. The number of carbonyl (C=O) groups is 1. The number of benzene rings is 1. The second-order valence-corrected chi connectivity index (χ2v) is 6.04. The Kier molecular flexibility index (Phi) is 4.91. The van der Waals surface area contributed by atoms with Gasteiger partial charge in [0, 0.05) is 16.4 Å². The van der Waals surface area contributed by atoms with Crippen molar-refractivity contribution in [2.75, 3.05) is 0 Å². The van der Waals surface area contributed by atoms with Crippen molar-refractivity contribution in [3.05, 3.63) is 35.4 Å². The fraction of sp³-hybridized carbons (Fsp3) is 0.500. The lowest BCUT2D eigenvalue weighted by molar-refractivity contribution is -0.121. The zero-order valence-electron chi connectivity index (χ0n) is 10.5. The summed E-state index contributed by atoms with van der Waals surface area (Å²) < 4.78 is 26.5. The molecule has 1 aliphatic carbocycles. The Morgan fingerprint density at radius 2 is 2.05 bits per heavy atom. The van der Waals surface area contributed by atoms with E-state index in [1.165, 1.54) is 12.1 Å². The van der Waals surface area contributed by atoms with Crippen LogP contribution in [0.25, 0.3) is 0 Å². The molecule has 1 fully saturated rings. The van der Waals surface area contributed by atoms with Crippen LogP contribution < -0.4 is 5.32 Å². The van der Waals surface area contributed by atoms with Gasteiger partial charge in [0.1, 0.15) is 0 Å². The summed E-state index contributed by atoms with van der Waals surface area (Å²) in [6, 6.07) is 3.98. The predicted molar refractivity (Wildman–Crippen MR) is 73.2 cm³/mol. The second kappa shape index (κ2) is 6.46. The molecule has 0 aromatic heterocycles. The van der Waals surface area contributed by atoms with Gasteiger partial charge in [-0.05, 0) is 18.9 Å². The number of carbonyl (C=O) groups excluding carboxylic acids is 1. The van der Waals surface area contributed by atoms with E-state index in [0.29, 0.717) is 0 Å². The summed E-state index contributed by atoms with van der Waals surface area (Å²) in [5.41, 5.74) is 0.0967. The third-order valence-electron chi connectivity index (χ3n) is 3.41. The van der Waals surface area contributed by atoms with Crippen molar-refractivity contribution in [2.45, 2.75) is 43.0 Å². The van der Waals surface area contributed by atoms with Crippen LogP contribution in [0.1, 0.15) is 31.2 Å². The standard InChI is InChI=1S/C14H16BrF2NO/c15-10-5-1-2-7-12(10)18-13(19)8-9-4-3-6-11(16)14(9)17/h3-4,6,10,12H,1-2,5,7-8H2,(H,18,19). The van der Waals surface area contributed by atoms with Crippen LogP contribution in [0.2, 0.25) is 0 Å². The van der Waals surface area contributed by atoms with Gasteiger partial charge in [-0.1, -0.05) is 40.9 Å². The molecule has 0 radical (unpaired) electrons. The van der Waals surface area contributed by atoms with Crippen LogP contribution in [0.3, 0.4) is 0 Å². The summed E-state index contributed by atoms with van der Waals surface area (Å²) in [6.07, 6.45) is 4.06. The Morgan fingerprint density at radius 3 is 2.79 bits per heavy atom. The Hall–Kier alpha value is -0.970. The molecule has 2 atom stereocenters. The molecule has 1 N–H and O–H groups in total. The van der Waals surface area contributed by atoms with Crippen molar-refractivity contribution in [2.24, 2.45) is 0 Å². The first-order valence-electron chi connectivity index (χ1n) is 6.44. The summed E-state index contributed by atoms with van der Waals surface area (Å²) in [5, 5.41) is 2.89. The Bertz CT molecular complexity index is 467. The van der Waals surface area contributed by atoms with E-state index in [4.69, 9.17) is 0 Å². The van der Waals surface area contributed by atoms with E-state index in [1.807, 2.05) is 0 Å². The van der Waals surface area contributed by atoms with Crippen LogP contribution in [0.5, 0.6) is 0 Å². The molecule has 0 bridgehead atoms. The lowest BCUT2D eigenvalue weighted by atomic mass is 9.95. The fourth-order valence-corrected chi connectivity index (χ4v) is 3.08. The minimum Gasteiger partial charge on any atom is -0.352 e. The third-order valence-corrected chi connectivity index (χ3v) is 4.51. The Labute approximate surface area is 119 Å². The molecule has 2 nitrogen and oxygen atoms in total. The molecule has 0 heterocycles. The van der Waals surface area contributed by atoms with E-state index in [9.17, 15) is 13.6 Å². The molecule has 1 aliphatic rings. The van der Waals surface area contributed by atoms with Gasteiger partial charge in [0.25, 0.3) is 0 Å². The number of hydrogen-bond acceptors (Lipinski definition) is 1. The van der Waals surface area contributed by atoms with Crippen LogP contribution in [0.4, 0.5) is 8.78 Å². The van der Waals surface area contributed by atoms with Crippen LogP contribution in [0.15, 0.2) is 18.2 Å². The molecule has 0 spiro atoms. The van der Waals surface area contributed by atoms with Crippen LogP contribution in [-0.2, 0) is 11.2 Å². The first-order valence-corrected chi connectivity index (χ1v) is 7.36. The third kappa shape index (κ3) is 3.75. The zero-order valence-corrected chi connectivity index (χ0v) is 12.1. The van der Waals surface area contributed by atoms with E-state index < -0.39 is 11.6 Å². The summed E-state index contributed by atoms with van der Waals surface area (Å²) in [6.45, 7) is 0. The Morgan fingerprint density at radius 1 is 1.32 bits per heavy atom. The maximum Gasteiger partial charge on any atom is 0.224 e. The highest BCUT2D eigenvalue weighted by atomic mass is 79.9. The molecule has 5 heteroatoms. The zero-order chi connectivity index (χ0) is 13.8. The van der Waals surface area contributed by atoms with Gasteiger partial charge in [-0.2, -0.15) is 0 Å².